The minimum Gasteiger partial charge on any atom is -1.00 e. The molecule has 3 N–H and O–H groups in total. The molecule has 0 spiro atoms. The summed E-state index contributed by atoms with van der Waals surface area (Å²) in [6.07, 6.45) is 10.6. The van der Waals surface area contributed by atoms with E-state index in [1.807, 2.05) is 12.1 Å². The normalized spacial score (nSPS) is 10.3. The second kappa shape index (κ2) is 14.5. The van der Waals surface area contributed by atoms with Crippen LogP contribution in [-0.4, -0.2) is 22.6 Å². The number of hydrogen-bond donors (Lipinski definition) is 3. The number of aryl methyl sites for hydroxylation is 1. The van der Waals surface area contributed by atoms with Crippen molar-refractivity contribution >= 4 is 10.4 Å². The Bertz CT molecular complexity index is 457. The summed E-state index contributed by atoms with van der Waals surface area (Å²) in [5, 5.41) is 9.15. The maximum absolute atomic E-state index is 9.15. The number of unbranched alkanes of at least 4 members (excludes halogenated alkanes) is 6. The van der Waals surface area contributed by atoms with Crippen LogP contribution in [0.25, 0.3) is 0 Å². The maximum atomic E-state index is 9.15. The molecule has 0 fully saturated rings. The van der Waals surface area contributed by atoms with E-state index in [1.165, 1.54) is 50.5 Å². The number of hydrogen-bond acceptors (Lipinski definition) is 3. The molecule has 0 radical (unpaired) electrons. The molecule has 0 atom stereocenters. The summed E-state index contributed by atoms with van der Waals surface area (Å²) >= 11 is 0. The smallest absolute Gasteiger partial charge is 1.00 e. The van der Waals surface area contributed by atoms with Crippen LogP contribution in [0.3, 0.4) is 0 Å². The molecule has 22 heavy (non-hydrogen) atoms. The zero-order valence-corrected chi connectivity index (χ0v) is 16.3. The fourth-order valence-corrected chi connectivity index (χ4v) is 1.95. The van der Waals surface area contributed by atoms with E-state index in [0.717, 1.165) is 6.42 Å². The molecule has 0 amide bonds. The standard InChI is InChI=1S/C15H24O.Na.H2O4S.H/c1-2-3-4-5-6-7-8-9-14-10-12-15(16)13-11-14;;1-5(2,3)4;/h10-13,16H,2-9H2,1H3;;(H2,1,2,3,4);/q;+1;;-1. The van der Waals surface area contributed by atoms with Gasteiger partial charge in [-0.1, -0.05) is 57.6 Å². The Labute approximate surface area is 157 Å². The van der Waals surface area contributed by atoms with E-state index >= 15 is 0 Å². The van der Waals surface area contributed by atoms with Crippen molar-refractivity contribution in [2.24, 2.45) is 0 Å². The molecule has 0 heterocycles. The fraction of sp³-hybridized carbons (Fsp3) is 0.600. The summed E-state index contributed by atoms with van der Waals surface area (Å²) in [5.74, 6) is 0.364. The molecule has 1 aromatic carbocycles. The molecule has 5 nitrogen and oxygen atoms in total. The minimum absolute atomic E-state index is 0. The molecule has 7 heteroatoms. The Morgan fingerprint density at radius 1 is 0.909 bits per heavy atom. The molecular formula is C15H27NaO5S. The van der Waals surface area contributed by atoms with Crippen molar-refractivity contribution in [1.29, 1.82) is 0 Å². The second-order valence-electron chi connectivity index (χ2n) is 4.99. The van der Waals surface area contributed by atoms with Crippen LogP contribution in [0, 0.1) is 0 Å². The third-order valence-electron chi connectivity index (χ3n) is 3.01. The van der Waals surface area contributed by atoms with Crippen molar-refractivity contribution in [3.8, 4) is 5.75 Å². The number of benzene rings is 1. The molecule has 0 bridgehead atoms. The van der Waals surface area contributed by atoms with Crippen LogP contribution >= 0.6 is 0 Å². The summed E-state index contributed by atoms with van der Waals surface area (Å²) in [4.78, 5) is 0. The van der Waals surface area contributed by atoms with E-state index in [1.54, 1.807) is 12.1 Å². The van der Waals surface area contributed by atoms with Crippen LogP contribution in [-0.2, 0) is 16.8 Å². The van der Waals surface area contributed by atoms with Gasteiger partial charge in [0.25, 0.3) is 0 Å². The van der Waals surface area contributed by atoms with Crippen molar-refractivity contribution in [1.82, 2.24) is 0 Å². The van der Waals surface area contributed by atoms with Crippen LogP contribution in [0.4, 0.5) is 0 Å². The van der Waals surface area contributed by atoms with Crippen LogP contribution in [0.2, 0.25) is 0 Å². The first-order valence-electron chi connectivity index (χ1n) is 7.30. The molecule has 0 aliphatic rings. The van der Waals surface area contributed by atoms with Crippen molar-refractivity contribution in [3.63, 3.8) is 0 Å². The number of rotatable bonds is 8. The molecular weight excluding hydrogens is 315 g/mol. The first-order valence-corrected chi connectivity index (χ1v) is 8.70. The topological polar surface area (TPSA) is 94.8 Å². The zero-order chi connectivity index (χ0) is 16.1. The SMILES string of the molecule is CCCCCCCCCc1ccc(O)cc1.O=S(=O)(O)O.[H-].[Na+]. The van der Waals surface area contributed by atoms with Gasteiger partial charge in [0, 0.05) is 0 Å². The van der Waals surface area contributed by atoms with Crippen molar-refractivity contribution in [3.05, 3.63) is 29.8 Å². The van der Waals surface area contributed by atoms with Crippen LogP contribution in [0.15, 0.2) is 24.3 Å². The first kappa shape index (κ1) is 24.1. The van der Waals surface area contributed by atoms with Gasteiger partial charge in [-0.15, -0.1) is 0 Å². The van der Waals surface area contributed by atoms with Gasteiger partial charge in [0.15, 0.2) is 0 Å². The summed E-state index contributed by atoms with van der Waals surface area (Å²) in [6, 6.07) is 7.59. The molecule has 1 aromatic rings. The van der Waals surface area contributed by atoms with Crippen molar-refractivity contribution in [2.45, 2.75) is 58.3 Å². The van der Waals surface area contributed by atoms with Crippen LogP contribution < -0.4 is 29.6 Å². The Morgan fingerprint density at radius 3 is 1.77 bits per heavy atom. The average molecular weight is 342 g/mol. The number of phenols is 1. The molecule has 0 saturated heterocycles. The zero-order valence-electron chi connectivity index (χ0n) is 14.5. The van der Waals surface area contributed by atoms with E-state index in [4.69, 9.17) is 22.6 Å². The fourth-order valence-electron chi connectivity index (χ4n) is 1.95. The van der Waals surface area contributed by atoms with Crippen LogP contribution in [0.1, 0.15) is 58.9 Å². The summed E-state index contributed by atoms with van der Waals surface area (Å²) < 4.78 is 31.6. The summed E-state index contributed by atoms with van der Waals surface area (Å²) in [7, 11) is -4.67. The van der Waals surface area contributed by atoms with Gasteiger partial charge in [-0.3, -0.25) is 9.11 Å². The molecule has 124 valence electrons. The van der Waals surface area contributed by atoms with Crippen LogP contribution in [0.5, 0.6) is 5.75 Å². The average Bonchev–Trinajstić information content (AvgIpc) is 2.38. The molecule has 0 aromatic heterocycles. The van der Waals surface area contributed by atoms with Gasteiger partial charge < -0.3 is 6.53 Å². The van der Waals surface area contributed by atoms with E-state index in [9.17, 15) is 0 Å². The molecule has 0 aliphatic heterocycles. The van der Waals surface area contributed by atoms with Crippen molar-refractivity contribution < 1.29 is 53.6 Å². The molecule has 1 rings (SSSR count). The van der Waals surface area contributed by atoms with Gasteiger partial charge in [-0.05, 0) is 30.5 Å². The molecule has 0 unspecified atom stereocenters. The van der Waals surface area contributed by atoms with Gasteiger partial charge in [0.1, 0.15) is 5.75 Å². The van der Waals surface area contributed by atoms with E-state index < -0.39 is 10.4 Å². The Balaban J connectivity index is -0.000000502. The largest absolute Gasteiger partial charge is 1.00 e. The van der Waals surface area contributed by atoms with Gasteiger partial charge in [-0.25, -0.2) is 0 Å². The Kier molecular flexibility index (Phi) is 15.9. The summed E-state index contributed by atoms with van der Waals surface area (Å²) in [6.45, 7) is 2.25. The van der Waals surface area contributed by atoms with Gasteiger partial charge in [0.05, 0.1) is 0 Å². The minimum atomic E-state index is -4.67. The van der Waals surface area contributed by atoms with E-state index in [2.05, 4.69) is 6.92 Å². The quantitative estimate of drug-likeness (QED) is 0.374. The maximum Gasteiger partial charge on any atom is 1.00 e. The molecule has 0 aliphatic carbocycles. The van der Waals surface area contributed by atoms with E-state index in [0.29, 0.717) is 5.75 Å². The van der Waals surface area contributed by atoms with Crippen molar-refractivity contribution in [2.75, 3.05) is 0 Å². The predicted octanol–water partition coefficient (Wildman–Crippen LogP) is 1.15. The first-order chi connectivity index (χ1) is 9.83. The number of aromatic hydroxyl groups is 1. The van der Waals surface area contributed by atoms with Gasteiger partial charge >= 0.3 is 40.0 Å². The van der Waals surface area contributed by atoms with Gasteiger partial charge in [-0.2, -0.15) is 8.42 Å². The Morgan fingerprint density at radius 2 is 1.32 bits per heavy atom. The monoisotopic (exact) mass is 342 g/mol. The van der Waals surface area contributed by atoms with Gasteiger partial charge in [0.2, 0.25) is 0 Å². The third-order valence-corrected chi connectivity index (χ3v) is 3.01. The van der Waals surface area contributed by atoms with E-state index in [-0.39, 0.29) is 31.0 Å². The second-order valence-corrected chi connectivity index (χ2v) is 5.88. The molecule has 0 saturated carbocycles. The summed E-state index contributed by atoms with van der Waals surface area (Å²) in [5.41, 5.74) is 1.34. The Hall–Kier alpha value is -0.110. The predicted molar refractivity (Wildman–Crippen MR) is 85.1 cm³/mol. The third kappa shape index (κ3) is 19.9. The number of phenolic OH excluding ortho intramolecular Hbond substituents is 1.